The van der Waals surface area contributed by atoms with Crippen LogP contribution in [-0.4, -0.2) is 27.0 Å². The van der Waals surface area contributed by atoms with Crippen LogP contribution in [0.15, 0.2) is 16.7 Å². The van der Waals surface area contributed by atoms with Gasteiger partial charge in [-0.25, -0.2) is 0 Å². The largest absolute Gasteiger partial charge is 0.481 e. The molecule has 0 bridgehead atoms. The lowest BCUT2D eigenvalue weighted by atomic mass is 9.83. The number of aromatic nitrogens is 2. The molecule has 1 N–H and O–H groups in total. The predicted octanol–water partition coefficient (Wildman–Crippen LogP) is 2.77. The first-order chi connectivity index (χ1) is 9.25. The van der Waals surface area contributed by atoms with Crippen LogP contribution in [0.2, 0.25) is 0 Å². The molecule has 0 aromatic carbocycles. The number of thioether (sulfide) groups is 1. The summed E-state index contributed by atoms with van der Waals surface area (Å²) in [5, 5.41) is 13.6. The van der Waals surface area contributed by atoms with Crippen molar-refractivity contribution in [2.24, 2.45) is 5.92 Å². The lowest BCUT2D eigenvalue weighted by Crippen LogP contribution is -2.23. The maximum atomic E-state index is 11.3. The molecule has 1 aliphatic heterocycles. The van der Waals surface area contributed by atoms with Crippen molar-refractivity contribution in [3.8, 4) is 0 Å². The third-order valence-electron chi connectivity index (χ3n) is 3.74. The van der Waals surface area contributed by atoms with E-state index in [4.69, 9.17) is 4.52 Å². The SMILES string of the molecule is O=C(O)C1CC=CCC1c1nc(C2CCCS2)no1. The molecule has 102 valence electrons. The Bertz CT molecular complexity index is 494. The summed E-state index contributed by atoms with van der Waals surface area (Å²) in [6.45, 7) is 0. The van der Waals surface area contributed by atoms with Crippen molar-refractivity contribution in [1.82, 2.24) is 10.1 Å². The summed E-state index contributed by atoms with van der Waals surface area (Å²) >= 11 is 1.85. The molecule has 1 fully saturated rings. The number of allylic oxidation sites excluding steroid dienone is 2. The van der Waals surface area contributed by atoms with Crippen LogP contribution in [0.25, 0.3) is 0 Å². The summed E-state index contributed by atoms with van der Waals surface area (Å²) in [7, 11) is 0. The fourth-order valence-electron chi connectivity index (χ4n) is 2.67. The third-order valence-corrected chi connectivity index (χ3v) is 5.12. The van der Waals surface area contributed by atoms with Gasteiger partial charge in [0.2, 0.25) is 5.89 Å². The molecule has 6 heteroatoms. The van der Waals surface area contributed by atoms with Crippen molar-refractivity contribution in [1.29, 1.82) is 0 Å². The lowest BCUT2D eigenvalue weighted by molar-refractivity contribution is -0.142. The van der Waals surface area contributed by atoms with Gasteiger partial charge in [0.1, 0.15) is 0 Å². The van der Waals surface area contributed by atoms with Gasteiger partial charge in [-0.3, -0.25) is 4.79 Å². The number of carboxylic acids is 1. The highest BCUT2D eigenvalue weighted by Gasteiger charge is 2.34. The number of rotatable bonds is 3. The number of nitrogens with zero attached hydrogens (tertiary/aromatic N) is 2. The zero-order chi connectivity index (χ0) is 13.2. The van der Waals surface area contributed by atoms with E-state index in [0.29, 0.717) is 24.0 Å². The third kappa shape index (κ3) is 2.54. The summed E-state index contributed by atoms with van der Waals surface area (Å²) in [5.74, 6) is 0.933. The molecule has 3 atom stereocenters. The Morgan fingerprint density at radius 1 is 1.42 bits per heavy atom. The number of hydrogen-bond acceptors (Lipinski definition) is 5. The van der Waals surface area contributed by atoms with Gasteiger partial charge in [0.15, 0.2) is 5.82 Å². The fraction of sp³-hybridized carbons (Fsp3) is 0.615. The van der Waals surface area contributed by atoms with Gasteiger partial charge in [0.25, 0.3) is 0 Å². The Hall–Kier alpha value is -1.30. The van der Waals surface area contributed by atoms with Crippen molar-refractivity contribution in [3.05, 3.63) is 23.9 Å². The molecule has 0 amide bonds. The summed E-state index contributed by atoms with van der Waals surface area (Å²) in [6.07, 6.45) is 7.38. The number of carboxylic acid groups (broad SMARTS) is 1. The molecule has 3 unspecified atom stereocenters. The standard InChI is InChI=1S/C13H16N2O3S/c16-13(17)9-5-2-1-4-8(9)12-14-11(15-18-12)10-6-3-7-19-10/h1-2,8-10H,3-7H2,(H,16,17). The van der Waals surface area contributed by atoms with Gasteiger partial charge in [0, 0.05) is 0 Å². The lowest BCUT2D eigenvalue weighted by Gasteiger charge is -2.21. The highest BCUT2D eigenvalue weighted by Crippen LogP contribution is 2.40. The zero-order valence-corrected chi connectivity index (χ0v) is 11.3. The molecule has 19 heavy (non-hydrogen) atoms. The van der Waals surface area contributed by atoms with E-state index in [1.54, 1.807) is 0 Å². The van der Waals surface area contributed by atoms with E-state index in [1.165, 1.54) is 6.42 Å². The van der Waals surface area contributed by atoms with Crippen LogP contribution >= 0.6 is 11.8 Å². The van der Waals surface area contributed by atoms with E-state index in [9.17, 15) is 9.90 Å². The minimum Gasteiger partial charge on any atom is -0.481 e. The molecule has 5 nitrogen and oxygen atoms in total. The van der Waals surface area contributed by atoms with Crippen molar-refractivity contribution in [2.75, 3.05) is 5.75 Å². The Labute approximate surface area is 115 Å². The van der Waals surface area contributed by atoms with Crippen LogP contribution in [0.1, 0.15) is 48.6 Å². The van der Waals surface area contributed by atoms with Crippen LogP contribution in [0.5, 0.6) is 0 Å². The molecule has 1 aliphatic carbocycles. The van der Waals surface area contributed by atoms with Gasteiger partial charge in [0.05, 0.1) is 17.1 Å². The summed E-state index contributed by atoms with van der Waals surface area (Å²) < 4.78 is 5.33. The smallest absolute Gasteiger partial charge is 0.307 e. The topological polar surface area (TPSA) is 76.2 Å². The van der Waals surface area contributed by atoms with E-state index >= 15 is 0 Å². The maximum Gasteiger partial charge on any atom is 0.307 e. The second-order valence-electron chi connectivity index (χ2n) is 4.99. The van der Waals surface area contributed by atoms with Gasteiger partial charge in [-0.2, -0.15) is 16.7 Å². The van der Waals surface area contributed by atoms with Crippen LogP contribution in [0.3, 0.4) is 0 Å². The van der Waals surface area contributed by atoms with Gasteiger partial charge in [-0.1, -0.05) is 17.3 Å². The van der Waals surface area contributed by atoms with Gasteiger partial charge in [-0.15, -0.1) is 0 Å². The first-order valence-corrected chi connectivity index (χ1v) is 7.63. The monoisotopic (exact) mass is 280 g/mol. The Morgan fingerprint density at radius 2 is 2.26 bits per heavy atom. The van der Waals surface area contributed by atoms with Crippen LogP contribution < -0.4 is 0 Å². The van der Waals surface area contributed by atoms with Gasteiger partial charge >= 0.3 is 5.97 Å². The molecule has 1 saturated heterocycles. The highest BCUT2D eigenvalue weighted by molar-refractivity contribution is 7.99. The van der Waals surface area contributed by atoms with Crippen molar-refractivity contribution >= 4 is 17.7 Å². The number of hydrogen-bond donors (Lipinski definition) is 1. The normalized spacial score (nSPS) is 30.6. The molecule has 1 aromatic rings. The molecular formula is C13H16N2O3S. The number of aliphatic carboxylic acids is 1. The first-order valence-electron chi connectivity index (χ1n) is 6.58. The van der Waals surface area contributed by atoms with Gasteiger partial charge < -0.3 is 9.63 Å². The van der Waals surface area contributed by atoms with Gasteiger partial charge in [-0.05, 0) is 31.4 Å². The summed E-state index contributed by atoms with van der Waals surface area (Å²) in [6, 6.07) is 0. The zero-order valence-electron chi connectivity index (χ0n) is 10.5. The maximum absolute atomic E-state index is 11.3. The Morgan fingerprint density at radius 3 is 3.00 bits per heavy atom. The molecular weight excluding hydrogens is 264 g/mol. The van der Waals surface area contributed by atoms with Crippen LogP contribution in [-0.2, 0) is 4.79 Å². The average Bonchev–Trinajstić information content (AvgIpc) is 3.09. The van der Waals surface area contributed by atoms with E-state index in [0.717, 1.165) is 18.0 Å². The van der Waals surface area contributed by atoms with Crippen LogP contribution in [0.4, 0.5) is 0 Å². The van der Waals surface area contributed by atoms with E-state index < -0.39 is 11.9 Å². The molecule has 1 aromatic heterocycles. The molecule has 2 aliphatic rings. The molecule has 0 saturated carbocycles. The Kier molecular flexibility index (Phi) is 3.59. The second-order valence-corrected chi connectivity index (χ2v) is 6.30. The van der Waals surface area contributed by atoms with E-state index in [-0.39, 0.29) is 5.92 Å². The molecule has 3 rings (SSSR count). The first kappa shape index (κ1) is 12.7. The fourth-order valence-corrected chi connectivity index (χ4v) is 3.87. The van der Waals surface area contributed by atoms with Crippen LogP contribution in [0, 0.1) is 5.92 Å². The number of carbonyl (C=O) groups is 1. The van der Waals surface area contributed by atoms with Crippen molar-refractivity contribution in [3.63, 3.8) is 0 Å². The molecule has 0 spiro atoms. The molecule has 0 radical (unpaired) electrons. The summed E-state index contributed by atoms with van der Waals surface area (Å²) in [5.41, 5.74) is 0. The quantitative estimate of drug-likeness (QED) is 0.858. The van der Waals surface area contributed by atoms with E-state index in [2.05, 4.69) is 10.1 Å². The van der Waals surface area contributed by atoms with Crippen molar-refractivity contribution in [2.45, 2.75) is 36.9 Å². The summed E-state index contributed by atoms with van der Waals surface area (Å²) in [4.78, 5) is 15.7. The highest BCUT2D eigenvalue weighted by atomic mass is 32.2. The second kappa shape index (κ2) is 5.36. The minimum atomic E-state index is -0.788. The minimum absolute atomic E-state index is 0.185. The van der Waals surface area contributed by atoms with Crippen molar-refractivity contribution < 1.29 is 14.4 Å². The predicted molar refractivity (Wildman–Crippen MR) is 71.0 cm³/mol. The average molecular weight is 280 g/mol. The Balaban J connectivity index is 1.80. The molecule has 2 heterocycles. The van der Waals surface area contributed by atoms with E-state index in [1.807, 2.05) is 23.9 Å².